The SMILES string of the molecule is CCC=CCC=CCC(O)C=CC=CCC=CCCCC(=O)OC(COC(=O)CCCCCCCCCCCCCCC)COP(=O)(O)OC1C(O)C(O)C(O)C(O)C1O. The lowest BCUT2D eigenvalue weighted by Crippen LogP contribution is -2.64. The number of rotatable bonds is 35. The van der Waals surface area contributed by atoms with Gasteiger partial charge in [-0.2, -0.15) is 0 Å². The number of phosphoric ester groups is 1. The molecule has 0 aromatic rings. The van der Waals surface area contributed by atoms with Crippen LogP contribution < -0.4 is 0 Å². The largest absolute Gasteiger partial charge is 0.472 e. The van der Waals surface area contributed by atoms with Crippen molar-refractivity contribution in [2.45, 2.75) is 198 Å². The van der Waals surface area contributed by atoms with Crippen molar-refractivity contribution in [2.24, 2.45) is 0 Å². The molecular formula is C45H77O14P. The molecule has 0 bridgehead atoms. The number of aliphatic hydroxyl groups excluding tert-OH is 6. The molecule has 0 aliphatic heterocycles. The Hall–Kier alpha value is -2.49. The highest BCUT2D eigenvalue weighted by Gasteiger charge is 2.51. The Bertz CT molecular complexity index is 1300. The molecule has 7 unspecified atom stereocenters. The number of carbonyl (C=O) groups excluding carboxylic acids is 2. The number of allylic oxidation sites excluding steroid dienone is 8. The molecule has 60 heavy (non-hydrogen) atoms. The highest BCUT2D eigenvalue weighted by atomic mass is 31.2. The van der Waals surface area contributed by atoms with Gasteiger partial charge in [-0.1, -0.05) is 152 Å². The average molecular weight is 873 g/mol. The number of ether oxygens (including phenoxy) is 2. The van der Waals surface area contributed by atoms with Gasteiger partial charge >= 0.3 is 19.8 Å². The fraction of sp³-hybridized carbons (Fsp3) is 0.733. The van der Waals surface area contributed by atoms with Crippen LogP contribution in [0, 0.1) is 0 Å². The van der Waals surface area contributed by atoms with Crippen molar-refractivity contribution in [3.63, 3.8) is 0 Å². The predicted molar refractivity (Wildman–Crippen MR) is 232 cm³/mol. The number of aliphatic hydroxyl groups is 6. The van der Waals surface area contributed by atoms with Crippen LogP contribution >= 0.6 is 7.82 Å². The van der Waals surface area contributed by atoms with E-state index in [1.165, 1.54) is 57.8 Å². The van der Waals surface area contributed by atoms with Crippen molar-refractivity contribution in [1.29, 1.82) is 0 Å². The van der Waals surface area contributed by atoms with Gasteiger partial charge in [0.1, 0.15) is 43.2 Å². The van der Waals surface area contributed by atoms with E-state index >= 15 is 0 Å². The molecule has 1 rings (SSSR count). The maximum absolute atomic E-state index is 12.8. The van der Waals surface area contributed by atoms with Gasteiger partial charge in [0.05, 0.1) is 12.7 Å². The van der Waals surface area contributed by atoms with E-state index in [0.29, 0.717) is 32.1 Å². The van der Waals surface area contributed by atoms with Crippen molar-refractivity contribution in [2.75, 3.05) is 13.2 Å². The van der Waals surface area contributed by atoms with Crippen molar-refractivity contribution >= 4 is 19.8 Å². The van der Waals surface area contributed by atoms with Gasteiger partial charge in [0.15, 0.2) is 6.10 Å². The maximum atomic E-state index is 12.8. The quantitative estimate of drug-likeness (QED) is 0.0110. The average Bonchev–Trinajstić information content (AvgIpc) is 3.22. The number of phosphoric acid groups is 1. The standard InChI is InChI=1S/C45H77O14P/c1-3-5-7-9-11-12-13-14-15-16-20-24-28-32-38(47)56-34-37(35-57-60(54,55)59-45-43(52)41(50)40(49)42(51)44(45)53)58-39(48)33-29-25-21-18-17-19-23-27-31-36(46)30-26-22-10-8-6-4-2/h6,8,18-19,21-23,26-27,31,36-37,40-46,49-53H,3-5,7,9-17,20,24-25,28-30,32-35H2,1-2H3,(H,54,55). The van der Waals surface area contributed by atoms with Gasteiger partial charge in [-0.05, 0) is 44.9 Å². The third-order valence-corrected chi connectivity index (χ3v) is 10.9. The summed E-state index contributed by atoms with van der Waals surface area (Å²) in [5.41, 5.74) is 0. The van der Waals surface area contributed by atoms with Gasteiger partial charge in [0.2, 0.25) is 0 Å². The summed E-state index contributed by atoms with van der Waals surface area (Å²) in [6.07, 6.45) is 24.5. The summed E-state index contributed by atoms with van der Waals surface area (Å²) in [6.45, 7) is 3.05. The van der Waals surface area contributed by atoms with Gasteiger partial charge in [-0.3, -0.25) is 18.6 Å². The Morgan fingerprint density at radius 2 is 1.15 bits per heavy atom. The smallest absolute Gasteiger partial charge is 0.462 e. The normalized spacial score (nSPS) is 23.3. The first-order chi connectivity index (χ1) is 28.8. The predicted octanol–water partition coefficient (Wildman–Crippen LogP) is 7.14. The third-order valence-electron chi connectivity index (χ3n) is 9.95. The van der Waals surface area contributed by atoms with Crippen molar-refractivity contribution in [3.05, 3.63) is 60.8 Å². The summed E-state index contributed by atoms with van der Waals surface area (Å²) in [7, 11) is -5.15. The molecule has 15 heteroatoms. The number of hydrogen-bond acceptors (Lipinski definition) is 13. The van der Waals surface area contributed by atoms with Gasteiger partial charge in [-0.25, -0.2) is 4.57 Å². The molecule has 0 aromatic carbocycles. The first kappa shape index (κ1) is 55.5. The molecule has 346 valence electrons. The fourth-order valence-corrected chi connectivity index (χ4v) is 7.32. The van der Waals surface area contributed by atoms with Crippen LogP contribution in [0.3, 0.4) is 0 Å². The minimum absolute atomic E-state index is 0.0145. The number of carbonyl (C=O) groups is 2. The molecule has 0 aromatic heterocycles. The number of esters is 2. The van der Waals surface area contributed by atoms with Crippen LogP contribution in [0.1, 0.15) is 149 Å². The fourth-order valence-electron chi connectivity index (χ4n) is 6.35. The lowest BCUT2D eigenvalue weighted by molar-refractivity contribution is -0.220. The Morgan fingerprint density at radius 1 is 0.617 bits per heavy atom. The second kappa shape index (κ2) is 35.0. The molecule has 0 saturated heterocycles. The van der Waals surface area contributed by atoms with Crippen LogP contribution in [0.25, 0.3) is 0 Å². The molecule has 0 radical (unpaired) electrons. The second-order valence-corrected chi connectivity index (χ2v) is 16.8. The van der Waals surface area contributed by atoms with Crippen LogP contribution in [-0.2, 0) is 32.7 Å². The van der Waals surface area contributed by atoms with E-state index in [9.17, 15) is 49.7 Å². The molecule has 7 N–H and O–H groups in total. The summed E-state index contributed by atoms with van der Waals surface area (Å²) in [4.78, 5) is 35.6. The number of hydrogen-bond donors (Lipinski definition) is 7. The number of unbranched alkanes of at least 4 members (excludes halogenated alkanes) is 13. The zero-order valence-corrected chi connectivity index (χ0v) is 37.0. The van der Waals surface area contributed by atoms with E-state index < -0.39 is 81.8 Å². The molecule has 0 amide bonds. The Labute approximate surface area is 358 Å². The van der Waals surface area contributed by atoms with Crippen LogP contribution in [-0.4, -0.2) is 110 Å². The minimum Gasteiger partial charge on any atom is -0.462 e. The summed E-state index contributed by atoms with van der Waals surface area (Å²) >= 11 is 0. The highest BCUT2D eigenvalue weighted by Crippen LogP contribution is 2.47. The summed E-state index contributed by atoms with van der Waals surface area (Å²) < 4.78 is 33.4. The minimum atomic E-state index is -5.15. The summed E-state index contributed by atoms with van der Waals surface area (Å²) in [6, 6.07) is 0. The van der Waals surface area contributed by atoms with Crippen LogP contribution in [0.5, 0.6) is 0 Å². The van der Waals surface area contributed by atoms with Gasteiger partial charge in [-0.15, -0.1) is 0 Å². The monoisotopic (exact) mass is 873 g/mol. The highest BCUT2D eigenvalue weighted by molar-refractivity contribution is 7.47. The van der Waals surface area contributed by atoms with E-state index in [0.717, 1.165) is 32.1 Å². The zero-order valence-electron chi connectivity index (χ0n) is 36.1. The Kier molecular flexibility index (Phi) is 32.4. The first-order valence-electron chi connectivity index (χ1n) is 22.2. The van der Waals surface area contributed by atoms with Crippen LogP contribution in [0.2, 0.25) is 0 Å². The topological polar surface area (TPSA) is 230 Å². The third kappa shape index (κ3) is 27.5. The summed E-state index contributed by atoms with van der Waals surface area (Å²) in [5, 5.41) is 60.1. The molecule has 14 nitrogen and oxygen atoms in total. The molecule has 1 aliphatic rings. The van der Waals surface area contributed by atoms with E-state index in [2.05, 4.69) is 26.0 Å². The van der Waals surface area contributed by atoms with Crippen molar-refractivity contribution in [1.82, 2.24) is 0 Å². The van der Waals surface area contributed by atoms with E-state index in [1.807, 2.05) is 36.5 Å². The lowest BCUT2D eigenvalue weighted by atomic mass is 9.85. The van der Waals surface area contributed by atoms with Gasteiger partial charge in [0.25, 0.3) is 0 Å². The van der Waals surface area contributed by atoms with E-state index in [1.54, 1.807) is 12.2 Å². The molecular weight excluding hydrogens is 795 g/mol. The molecule has 0 spiro atoms. The Morgan fingerprint density at radius 3 is 1.77 bits per heavy atom. The zero-order chi connectivity index (χ0) is 44.4. The first-order valence-corrected chi connectivity index (χ1v) is 23.7. The molecule has 1 aliphatic carbocycles. The van der Waals surface area contributed by atoms with Crippen molar-refractivity contribution < 1.29 is 68.2 Å². The Balaban J connectivity index is 2.56. The van der Waals surface area contributed by atoms with Crippen molar-refractivity contribution in [3.8, 4) is 0 Å². The molecule has 1 fully saturated rings. The molecule has 1 saturated carbocycles. The van der Waals surface area contributed by atoms with E-state index in [4.69, 9.17) is 18.5 Å². The lowest BCUT2D eigenvalue weighted by Gasteiger charge is -2.41. The summed E-state index contributed by atoms with van der Waals surface area (Å²) in [5.74, 6) is -1.21. The van der Waals surface area contributed by atoms with Crippen LogP contribution in [0.15, 0.2) is 60.8 Å². The molecule has 0 heterocycles. The van der Waals surface area contributed by atoms with Gasteiger partial charge < -0.3 is 45.0 Å². The van der Waals surface area contributed by atoms with E-state index in [-0.39, 0.29) is 12.8 Å². The van der Waals surface area contributed by atoms with Gasteiger partial charge in [0, 0.05) is 12.8 Å². The molecule has 7 atom stereocenters. The second-order valence-electron chi connectivity index (χ2n) is 15.4. The maximum Gasteiger partial charge on any atom is 0.472 e. The van der Waals surface area contributed by atoms with Crippen LogP contribution in [0.4, 0.5) is 0 Å².